The van der Waals surface area contributed by atoms with Crippen LogP contribution in [0.4, 0.5) is 5.69 Å². The summed E-state index contributed by atoms with van der Waals surface area (Å²) in [5.41, 5.74) is 0.659. The van der Waals surface area contributed by atoms with Gasteiger partial charge in [-0.25, -0.2) is 13.1 Å². The molecule has 0 aliphatic rings. The highest BCUT2D eigenvalue weighted by Gasteiger charge is 2.16. The monoisotopic (exact) mass is 396 g/mol. The van der Waals surface area contributed by atoms with Gasteiger partial charge in [-0.1, -0.05) is 43.1 Å². The van der Waals surface area contributed by atoms with Crippen LogP contribution >= 0.6 is 11.6 Å². The van der Waals surface area contributed by atoms with E-state index in [1.807, 2.05) is 13.0 Å². The van der Waals surface area contributed by atoms with E-state index in [4.69, 9.17) is 16.3 Å². The predicted octanol–water partition coefficient (Wildman–Crippen LogP) is 3.44. The zero-order valence-electron chi connectivity index (χ0n) is 14.4. The summed E-state index contributed by atoms with van der Waals surface area (Å²) < 4.78 is 32.2. The number of rotatable bonds is 9. The molecule has 0 aliphatic carbocycles. The molecule has 140 valence electrons. The molecule has 0 aromatic heterocycles. The van der Waals surface area contributed by atoms with Gasteiger partial charge in [0, 0.05) is 12.2 Å². The smallest absolute Gasteiger partial charge is 0.262 e. The lowest BCUT2D eigenvalue weighted by Crippen LogP contribution is -2.24. The lowest BCUT2D eigenvalue weighted by Gasteiger charge is -2.11. The van der Waals surface area contributed by atoms with E-state index >= 15 is 0 Å². The lowest BCUT2D eigenvalue weighted by atomic mass is 10.3. The van der Waals surface area contributed by atoms with Crippen LogP contribution in [0, 0.1) is 0 Å². The number of sulfonamides is 1. The quantitative estimate of drug-likeness (QED) is 0.636. The maximum atomic E-state index is 12.2. The fourth-order valence-electron chi connectivity index (χ4n) is 2.09. The first kappa shape index (κ1) is 20.2. The van der Waals surface area contributed by atoms with Gasteiger partial charge in [0.1, 0.15) is 5.75 Å². The van der Waals surface area contributed by atoms with Gasteiger partial charge in [-0.05, 0) is 36.8 Å². The Labute approximate surface area is 158 Å². The number of carbonyl (C=O) groups excluding carboxylic acids is 1. The number of hydrogen-bond acceptors (Lipinski definition) is 4. The summed E-state index contributed by atoms with van der Waals surface area (Å²) >= 11 is 6.09. The average Bonchev–Trinajstić information content (AvgIpc) is 2.61. The van der Waals surface area contributed by atoms with E-state index in [1.54, 1.807) is 24.3 Å². The number of ether oxygens (including phenoxy) is 1. The number of carbonyl (C=O) groups is 1. The summed E-state index contributed by atoms with van der Waals surface area (Å²) in [5, 5.41) is 2.80. The molecule has 0 fully saturated rings. The molecular weight excluding hydrogens is 376 g/mol. The minimum absolute atomic E-state index is 0.0553. The fraction of sp³-hybridized carbons (Fsp3) is 0.278. The maximum absolute atomic E-state index is 12.2. The van der Waals surface area contributed by atoms with E-state index in [0.29, 0.717) is 12.2 Å². The second-order valence-corrected chi connectivity index (χ2v) is 7.72. The molecular formula is C18H21ClN2O4S. The van der Waals surface area contributed by atoms with Crippen molar-refractivity contribution in [3.63, 3.8) is 0 Å². The second kappa shape index (κ2) is 9.56. The van der Waals surface area contributed by atoms with Gasteiger partial charge in [0.05, 0.1) is 9.92 Å². The molecule has 2 N–H and O–H groups in total. The average molecular weight is 397 g/mol. The van der Waals surface area contributed by atoms with Crippen LogP contribution in [0.25, 0.3) is 0 Å². The van der Waals surface area contributed by atoms with Gasteiger partial charge in [0.15, 0.2) is 6.61 Å². The third-order valence-corrected chi connectivity index (χ3v) is 5.21. The number of para-hydroxylation sites is 1. The normalized spacial score (nSPS) is 11.2. The first-order chi connectivity index (χ1) is 12.4. The summed E-state index contributed by atoms with van der Waals surface area (Å²) in [6.45, 7) is 2.11. The molecule has 0 unspecified atom stereocenters. The lowest BCUT2D eigenvalue weighted by molar-refractivity contribution is -0.118. The first-order valence-electron chi connectivity index (χ1n) is 8.19. The molecule has 1 amide bonds. The van der Waals surface area contributed by atoms with Crippen molar-refractivity contribution < 1.29 is 17.9 Å². The van der Waals surface area contributed by atoms with E-state index in [0.717, 1.165) is 12.8 Å². The minimum Gasteiger partial charge on any atom is -0.482 e. The molecule has 2 aromatic rings. The third kappa shape index (κ3) is 6.01. The molecule has 0 bridgehead atoms. The summed E-state index contributed by atoms with van der Waals surface area (Å²) in [5.74, 6) is -0.104. The largest absolute Gasteiger partial charge is 0.482 e. The van der Waals surface area contributed by atoms with Gasteiger partial charge in [-0.2, -0.15) is 0 Å². The van der Waals surface area contributed by atoms with Crippen molar-refractivity contribution in [3.8, 4) is 5.75 Å². The van der Waals surface area contributed by atoms with Crippen LogP contribution in [0.1, 0.15) is 19.8 Å². The first-order valence-corrected chi connectivity index (χ1v) is 10.1. The topological polar surface area (TPSA) is 84.5 Å². The molecule has 0 atom stereocenters. The van der Waals surface area contributed by atoms with Crippen molar-refractivity contribution >= 4 is 33.2 Å². The Morgan fingerprint density at radius 2 is 1.88 bits per heavy atom. The number of amides is 1. The Balaban J connectivity index is 1.95. The maximum Gasteiger partial charge on any atom is 0.262 e. The number of nitrogens with one attached hydrogen (secondary N) is 2. The van der Waals surface area contributed by atoms with Crippen LogP contribution in [0.5, 0.6) is 5.75 Å². The van der Waals surface area contributed by atoms with Gasteiger partial charge in [0.25, 0.3) is 5.91 Å². The predicted molar refractivity (Wildman–Crippen MR) is 102 cm³/mol. The molecule has 0 saturated heterocycles. The Morgan fingerprint density at radius 3 is 2.54 bits per heavy atom. The van der Waals surface area contributed by atoms with Gasteiger partial charge in [-0.15, -0.1) is 0 Å². The van der Waals surface area contributed by atoms with Crippen LogP contribution in [0.2, 0.25) is 5.02 Å². The number of anilines is 1. The molecule has 2 aromatic carbocycles. The molecule has 0 spiro atoms. The standard InChI is InChI=1S/C18H21ClN2O4S/c1-2-3-11-20-26(23,24)15-9-10-17(16(19)12-15)25-13-18(22)21-14-7-5-4-6-8-14/h4-10,12,20H,2-3,11,13H2,1H3,(H,21,22). The number of hydrogen-bond donors (Lipinski definition) is 2. The summed E-state index contributed by atoms with van der Waals surface area (Å²) in [7, 11) is -3.61. The highest BCUT2D eigenvalue weighted by atomic mass is 35.5. The molecule has 6 nitrogen and oxygen atoms in total. The third-order valence-electron chi connectivity index (χ3n) is 3.45. The van der Waals surface area contributed by atoms with Crippen LogP contribution < -0.4 is 14.8 Å². The summed E-state index contributed by atoms with van der Waals surface area (Å²) in [6.07, 6.45) is 1.64. The molecule has 0 saturated carbocycles. The highest BCUT2D eigenvalue weighted by Crippen LogP contribution is 2.27. The highest BCUT2D eigenvalue weighted by molar-refractivity contribution is 7.89. The van der Waals surface area contributed by atoms with Crippen LogP contribution in [0.3, 0.4) is 0 Å². The van der Waals surface area contributed by atoms with Crippen molar-refractivity contribution in [3.05, 3.63) is 53.6 Å². The molecule has 0 aliphatic heterocycles. The van der Waals surface area contributed by atoms with E-state index in [-0.39, 0.29) is 28.2 Å². The zero-order chi connectivity index (χ0) is 19.0. The zero-order valence-corrected chi connectivity index (χ0v) is 15.9. The van der Waals surface area contributed by atoms with Crippen molar-refractivity contribution in [2.75, 3.05) is 18.5 Å². The van der Waals surface area contributed by atoms with E-state index < -0.39 is 10.0 Å². The Bertz CT molecular complexity index is 842. The van der Waals surface area contributed by atoms with Crippen molar-refractivity contribution in [2.45, 2.75) is 24.7 Å². The second-order valence-electron chi connectivity index (χ2n) is 5.55. The van der Waals surface area contributed by atoms with Gasteiger partial charge in [-0.3, -0.25) is 4.79 Å². The van der Waals surface area contributed by atoms with Gasteiger partial charge >= 0.3 is 0 Å². The fourth-order valence-corrected chi connectivity index (χ4v) is 3.49. The number of unbranched alkanes of at least 4 members (excludes halogenated alkanes) is 1. The van der Waals surface area contributed by atoms with Crippen LogP contribution in [-0.2, 0) is 14.8 Å². The minimum atomic E-state index is -3.61. The summed E-state index contributed by atoms with van der Waals surface area (Å²) in [6, 6.07) is 13.1. The Kier molecular flexibility index (Phi) is 7.44. The molecule has 8 heteroatoms. The summed E-state index contributed by atoms with van der Waals surface area (Å²) in [4.78, 5) is 11.9. The van der Waals surface area contributed by atoms with Crippen molar-refractivity contribution in [1.82, 2.24) is 4.72 Å². The van der Waals surface area contributed by atoms with Gasteiger partial charge in [0.2, 0.25) is 10.0 Å². The van der Waals surface area contributed by atoms with Crippen LogP contribution in [-0.4, -0.2) is 27.5 Å². The van der Waals surface area contributed by atoms with Crippen LogP contribution in [0.15, 0.2) is 53.4 Å². The van der Waals surface area contributed by atoms with E-state index in [2.05, 4.69) is 10.0 Å². The van der Waals surface area contributed by atoms with Crippen molar-refractivity contribution in [1.29, 1.82) is 0 Å². The Morgan fingerprint density at radius 1 is 1.15 bits per heavy atom. The Hall–Kier alpha value is -2.09. The number of benzene rings is 2. The molecule has 0 heterocycles. The SMILES string of the molecule is CCCCNS(=O)(=O)c1ccc(OCC(=O)Nc2ccccc2)c(Cl)c1. The van der Waals surface area contributed by atoms with Crippen molar-refractivity contribution in [2.24, 2.45) is 0 Å². The molecule has 26 heavy (non-hydrogen) atoms. The number of halogens is 1. The molecule has 2 rings (SSSR count). The van der Waals surface area contributed by atoms with E-state index in [9.17, 15) is 13.2 Å². The molecule has 0 radical (unpaired) electrons. The van der Waals surface area contributed by atoms with Gasteiger partial charge < -0.3 is 10.1 Å². The van der Waals surface area contributed by atoms with E-state index in [1.165, 1.54) is 18.2 Å².